The van der Waals surface area contributed by atoms with Crippen molar-refractivity contribution in [2.24, 2.45) is 11.0 Å². The van der Waals surface area contributed by atoms with Gasteiger partial charge in [0.2, 0.25) is 0 Å². The summed E-state index contributed by atoms with van der Waals surface area (Å²) >= 11 is 0. The molecule has 1 aliphatic heterocycles. The number of hydrogen-bond donors (Lipinski definition) is 2. The number of nitrogens with one attached hydrogen (secondary N) is 2. The number of hydrazone groups is 1. The monoisotopic (exact) mass is 341 g/mol. The van der Waals surface area contributed by atoms with Crippen LogP contribution in [-0.2, 0) is 0 Å². The second-order valence-electron chi connectivity index (χ2n) is 6.18. The highest BCUT2D eigenvalue weighted by Gasteiger charge is 2.39. The van der Waals surface area contributed by atoms with E-state index in [2.05, 4.69) is 32.8 Å². The van der Waals surface area contributed by atoms with Gasteiger partial charge in [-0.1, -0.05) is 24.3 Å². The quantitative estimate of drug-likeness (QED) is 0.883. The Morgan fingerprint density at radius 3 is 2.76 bits per heavy atom. The summed E-state index contributed by atoms with van der Waals surface area (Å²) in [5.41, 5.74) is 1.71. The second kappa shape index (κ2) is 6.88. The average Bonchev–Trinajstić information content (AvgIpc) is 2.91. The summed E-state index contributed by atoms with van der Waals surface area (Å²) in [6, 6.07) is 7.04. The molecule has 2 N–H and O–H groups in total. The minimum absolute atomic E-state index is 0.00609. The maximum absolute atomic E-state index is 12.5. The van der Waals surface area contributed by atoms with Gasteiger partial charge >= 0.3 is 6.03 Å². The van der Waals surface area contributed by atoms with Crippen LogP contribution in [0.2, 0.25) is 0 Å². The SMILES string of the molecule is COc1ccccc1NC(=O)NC1=NN(C)C2C=CC=C(N(C)C)C12. The second-order valence-corrected chi connectivity index (χ2v) is 6.18. The fourth-order valence-electron chi connectivity index (χ4n) is 3.15. The van der Waals surface area contributed by atoms with Crippen molar-refractivity contribution >= 4 is 17.6 Å². The van der Waals surface area contributed by atoms with Crippen LogP contribution in [0.15, 0.2) is 53.3 Å². The average molecular weight is 341 g/mol. The number of carbonyl (C=O) groups is 1. The number of likely N-dealkylation sites (N-methyl/N-ethyl adjacent to an activating group) is 1. The number of anilines is 1. The Morgan fingerprint density at radius 1 is 1.28 bits per heavy atom. The largest absolute Gasteiger partial charge is 0.495 e. The Labute approximate surface area is 147 Å². The summed E-state index contributed by atoms with van der Waals surface area (Å²) in [6.45, 7) is 0. The third-order valence-corrected chi connectivity index (χ3v) is 4.34. The Morgan fingerprint density at radius 2 is 2.04 bits per heavy atom. The molecule has 0 saturated carbocycles. The minimum atomic E-state index is -0.343. The van der Waals surface area contributed by atoms with Gasteiger partial charge in [0.25, 0.3) is 0 Å². The summed E-state index contributed by atoms with van der Waals surface area (Å²) in [5.74, 6) is 1.23. The number of benzene rings is 1. The molecule has 2 unspecified atom stereocenters. The van der Waals surface area contributed by atoms with Gasteiger partial charge in [-0.25, -0.2) is 4.79 Å². The molecule has 0 aromatic heterocycles. The molecule has 1 aromatic carbocycles. The number of amides is 2. The van der Waals surface area contributed by atoms with Crippen LogP contribution in [0.5, 0.6) is 5.75 Å². The molecule has 1 heterocycles. The Balaban J connectivity index is 1.75. The lowest BCUT2D eigenvalue weighted by Crippen LogP contribution is -2.43. The zero-order valence-corrected chi connectivity index (χ0v) is 14.9. The molecule has 0 saturated heterocycles. The summed E-state index contributed by atoms with van der Waals surface area (Å²) in [6.07, 6.45) is 6.17. The molecular weight excluding hydrogens is 318 g/mol. The van der Waals surface area contributed by atoms with Crippen LogP contribution in [0.3, 0.4) is 0 Å². The van der Waals surface area contributed by atoms with Gasteiger partial charge in [0, 0.05) is 26.8 Å². The zero-order valence-electron chi connectivity index (χ0n) is 14.9. The van der Waals surface area contributed by atoms with E-state index in [9.17, 15) is 4.79 Å². The highest BCUT2D eigenvalue weighted by Crippen LogP contribution is 2.31. The van der Waals surface area contributed by atoms with Crippen LogP contribution >= 0.6 is 0 Å². The van der Waals surface area contributed by atoms with Crippen LogP contribution in [0.4, 0.5) is 10.5 Å². The molecule has 7 heteroatoms. The van der Waals surface area contributed by atoms with Crippen LogP contribution in [0.1, 0.15) is 0 Å². The van der Waals surface area contributed by atoms with Crippen molar-refractivity contribution in [2.45, 2.75) is 6.04 Å². The van der Waals surface area contributed by atoms with Crippen molar-refractivity contribution in [3.05, 3.63) is 48.2 Å². The first-order valence-electron chi connectivity index (χ1n) is 8.09. The van der Waals surface area contributed by atoms with E-state index in [1.54, 1.807) is 19.2 Å². The highest BCUT2D eigenvalue weighted by atomic mass is 16.5. The van der Waals surface area contributed by atoms with Gasteiger partial charge in [0.15, 0.2) is 0 Å². The molecule has 7 nitrogen and oxygen atoms in total. The molecule has 0 spiro atoms. The third-order valence-electron chi connectivity index (χ3n) is 4.34. The highest BCUT2D eigenvalue weighted by molar-refractivity contribution is 6.06. The van der Waals surface area contributed by atoms with Crippen molar-refractivity contribution in [3.8, 4) is 5.75 Å². The number of urea groups is 1. The number of nitrogens with zero attached hydrogens (tertiary/aromatic N) is 3. The van der Waals surface area contributed by atoms with Gasteiger partial charge in [-0.3, -0.25) is 10.3 Å². The smallest absolute Gasteiger partial charge is 0.324 e. The van der Waals surface area contributed by atoms with E-state index >= 15 is 0 Å². The van der Waals surface area contributed by atoms with Gasteiger partial charge in [-0.05, 0) is 18.2 Å². The standard InChI is InChI=1S/C18H23N5O2/c1-22(2)13-9-7-10-14-16(13)17(21-23(14)3)20-18(24)19-12-8-5-6-11-15(12)25-4/h5-11,14,16H,1-4H3,(H2,19,20,21,24). The number of amidine groups is 1. The summed E-state index contributed by atoms with van der Waals surface area (Å²) < 4.78 is 5.26. The predicted octanol–water partition coefficient (Wildman–Crippen LogP) is 2.08. The van der Waals surface area contributed by atoms with E-state index in [1.807, 2.05) is 44.4 Å². The first-order chi connectivity index (χ1) is 12.0. The first-order valence-corrected chi connectivity index (χ1v) is 8.09. The molecule has 132 valence electrons. The Hall–Kier alpha value is -2.96. The van der Waals surface area contributed by atoms with E-state index < -0.39 is 0 Å². The molecule has 1 aliphatic carbocycles. The lowest BCUT2D eigenvalue weighted by atomic mass is 9.90. The molecule has 0 fully saturated rings. The van der Waals surface area contributed by atoms with Crippen molar-refractivity contribution < 1.29 is 9.53 Å². The third kappa shape index (κ3) is 3.31. The van der Waals surface area contributed by atoms with E-state index in [0.717, 1.165) is 5.70 Å². The van der Waals surface area contributed by atoms with E-state index in [4.69, 9.17) is 4.74 Å². The van der Waals surface area contributed by atoms with Gasteiger partial charge in [0.05, 0.1) is 24.8 Å². The number of allylic oxidation sites excluding steroid dienone is 2. The number of carbonyl (C=O) groups excluding carboxylic acids is 1. The Kier molecular flexibility index (Phi) is 4.65. The van der Waals surface area contributed by atoms with Crippen molar-refractivity contribution in [2.75, 3.05) is 33.6 Å². The maximum atomic E-state index is 12.5. The van der Waals surface area contributed by atoms with Gasteiger partial charge in [0.1, 0.15) is 11.6 Å². The van der Waals surface area contributed by atoms with Crippen LogP contribution in [0.25, 0.3) is 0 Å². The molecule has 0 radical (unpaired) electrons. The van der Waals surface area contributed by atoms with Crippen molar-refractivity contribution in [1.82, 2.24) is 15.2 Å². The number of para-hydroxylation sites is 2. The van der Waals surface area contributed by atoms with E-state index in [-0.39, 0.29) is 18.0 Å². The number of hydrogen-bond acceptors (Lipinski definition) is 5. The fraction of sp³-hybridized carbons (Fsp3) is 0.333. The molecular formula is C18H23N5O2. The molecule has 3 rings (SSSR count). The summed E-state index contributed by atoms with van der Waals surface area (Å²) in [5, 5.41) is 12.1. The molecule has 2 atom stereocenters. The summed E-state index contributed by atoms with van der Waals surface area (Å²) in [4.78, 5) is 14.5. The molecule has 25 heavy (non-hydrogen) atoms. The molecule has 2 aliphatic rings. The topological polar surface area (TPSA) is 69.2 Å². The van der Waals surface area contributed by atoms with Crippen molar-refractivity contribution in [3.63, 3.8) is 0 Å². The molecule has 0 bridgehead atoms. The molecule has 2 amide bonds. The number of ether oxygens (including phenoxy) is 1. The lowest BCUT2D eigenvalue weighted by molar-refractivity contribution is 0.255. The van der Waals surface area contributed by atoms with Gasteiger partial charge < -0.3 is 15.0 Å². The minimum Gasteiger partial charge on any atom is -0.495 e. The van der Waals surface area contributed by atoms with Crippen LogP contribution in [0, 0.1) is 5.92 Å². The maximum Gasteiger partial charge on any atom is 0.324 e. The van der Waals surface area contributed by atoms with Crippen LogP contribution in [-0.4, -0.2) is 56.1 Å². The van der Waals surface area contributed by atoms with E-state index in [1.165, 1.54) is 0 Å². The van der Waals surface area contributed by atoms with Crippen LogP contribution < -0.4 is 15.4 Å². The normalized spacial score (nSPS) is 21.2. The van der Waals surface area contributed by atoms with E-state index in [0.29, 0.717) is 17.3 Å². The fourth-order valence-corrected chi connectivity index (χ4v) is 3.15. The number of rotatable bonds is 3. The number of fused-ring (bicyclic) bond motifs is 1. The van der Waals surface area contributed by atoms with Gasteiger partial charge in [-0.15, -0.1) is 0 Å². The van der Waals surface area contributed by atoms with Crippen molar-refractivity contribution in [1.29, 1.82) is 0 Å². The zero-order chi connectivity index (χ0) is 18.0. The Bertz CT molecular complexity index is 754. The summed E-state index contributed by atoms with van der Waals surface area (Å²) in [7, 11) is 7.47. The number of methoxy groups -OCH3 is 1. The molecule has 1 aromatic rings. The lowest BCUT2D eigenvalue weighted by Gasteiger charge is -2.31. The predicted molar refractivity (Wildman–Crippen MR) is 98.5 cm³/mol. The van der Waals surface area contributed by atoms with Gasteiger partial charge in [-0.2, -0.15) is 5.10 Å². The first kappa shape index (κ1) is 16.9.